The van der Waals surface area contributed by atoms with Gasteiger partial charge in [-0.25, -0.2) is 0 Å². The van der Waals surface area contributed by atoms with Crippen LogP contribution in [0.5, 0.6) is 0 Å². The zero-order valence-corrected chi connectivity index (χ0v) is 9.66. The molecule has 0 aliphatic heterocycles. The molecule has 0 fully saturated rings. The zero-order valence-electron chi connectivity index (χ0n) is 9.66. The van der Waals surface area contributed by atoms with Crippen molar-refractivity contribution in [3.8, 4) is 0 Å². The molecule has 0 aliphatic carbocycles. The van der Waals surface area contributed by atoms with Crippen molar-refractivity contribution >= 4 is 16.9 Å². The Morgan fingerprint density at radius 3 is 2.69 bits per heavy atom. The van der Waals surface area contributed by atoms with Crippen LogP contribution in [0.3, 0.4) is 0 Å². The highest BCUT2D eigenvalue weighted by Gasteiger charge is 2.31. The lowest BCUT2D eigenvalue weighted by Gasteiger charge is -2.21. The van der Waals surface area contributed by atoms with Gasteiger partial charge in [-0.3, -0.25) is 4.79 Å². The van der Waals surface area contributed by atoms with E-state index in [9.17, 15) is 9.90 Å². The van der Waals surface area contributed by atoms with Crippen LogP contribution in [0.1, 0.15) is 25.0 Å². The monoisotopic (exact) mass is 217 g/mol. The molecule has 2 rings (SSSR count). The van der Waals surface area contributed by atoms with Gasteiger partial charge in [-0.2, -0.15) is 0 Å². The molecule has 0 spiro atoms. The minimum absolute atomic E-state index is 0.805. The summed E-state index contributed by atoms with van der Waals surface area (Å²) in [5.41, 5.74) is 2.06. The Morgan fingerprint density at radius 2 is 2.06 bits per heavy atom. The standard InChI is InChI=1S/C13H15NO2/c1-8-7-14-10-6-4-5-9(11(8)10)13(2,3)12(15)16/h4-7,14H,1-3H3,(H,15,16). The minimum atomic E-state index is -0.869. The molecule has 0 saturated carbocycles. The number of carbonyl (C=O) groups is 1. The summed E-state index contributed by atoms with van der Waals surface area (Å²) in [6.07, 6.45) is 1.91. The molecule has 2 aromatic rings. The molecule has 0 unspecified atom stereocenters. The van der Waals surface area contributed by atoms with Crippen LogP contribution in [0, 0.1) is 6.92 Å². The number of carboxylic acids is 1. The molecule has 3 heteroatoms. The van der Waals surface area contributed by atoms with Crippen LogP contribution in [-0.4, -0.2) is 16.1 Å². The Labute approximate surface area is 94.1 Å². The molecule has 1 aromatic heterocycles. The lowest BCUT2D eigenvalue weighted by atomic mass is 9.82. The average molecular weight is 217 g/mol. The molecule has 2 N–H and O–H groups in total. The third-order valence-electron chi connectivity index (χ3n) is 3.11. The lowest BCUT2D eigenvalue weighted by molar-refractivity contribution is -0.142. The zero-order chi connectivity index (χ0) is 11.9. The summed E-state index contributed by atoms with van der Waals surface area (Å²) >= 11 is 0. The first-order valence-electron chi connectivity index (χ1n) is 5.25. The molecule has 0 bridgehead atoms. The first-order valence-corrected chi connectivity index (χ1v) is 5.25. The Kier molecular flexibility index (Phi) is 2.26. The van der Waals surface area contributed by atoms with Crippen LogP contribution in [0.2, 0.25) is 0 Å². The number of H-pyrrole nitrogens is 1. The molecule has 0 radical (unpaired) electrons. The highest BCUT2D eigenvalue weighted by atomic mass is 16.4. The molecule has 0 aliphatic rings. The SMILES string of the molecule is Cc1c[nH]c2cccc(C(C)(C)C(=O)O)c12. The van der Waals surface area contributed by atoms with Gasteiger partial charge in [0.25, 0.3) is 0 Å². The number of aromatic amines is 1. The summed E-state index contributed by atoms with van der Waals surface area (Å²) in [5, 5.41) is 10.3. The van der Waals surface area contributed by atoms with Gasteiger partial charge in [0.1, 0.15) is 0 Å². The van der Waals surface area contributed by atoms with Gasteiger partial charge in [-0.05, 0) is 38.0 Å². The van der Waals surface area contributed by atoms with Gasteiger partial charge in [-0.15, -0.1) is 0 Å². The van der Waals surface area contributed by atoms with E-state index in [4.69, 9.17) is 0 Å². The fourth-order valence-electron chi connectivity index (χ4n) is 1.99. The first-order chi connectivity index (χ1) is 7.44. The Hall–Kier alpha value is -1.77. The first kappa shape index (κ1) is 10.7. The van der Waals surface area contributed by atoms with Crippen LogP contribution in [0.25, 0.3) is 10.9 Å². The number of hydrogen-bond acceptors (Lipinski definition) is 1. The van der Waals surface area contributed by atoms with Crippen molar-refractivity contribution in [3.05, 3.63) is 35.5 Å². The Balaban J connectivity index is 2.78. The topological polar surface area (TPSA) is 53.1 Å². The molecule has 0 atom stereocenters. The number of aromatic nitrogens is 1. The number of hydrogen-bond donors (Lipinski definition) is 2. The van der Waals surface area contributed by atoms with E-state index < -0.39 is 11.4 Å². The molecule has 84 valence electrons. The van der Waals surface area contributed by atoms with Crippen molar-refractivity contribution < 1.29 is 9.90 Å². The van der Waals surface area contributed by atoms with Crippen molar-refractivity contribution in [1.29, 1.82) is 0 Å². The minimum Gasteiger partial charge on any atom is -0.481 e. The molecule has 3 nitrogen and oxygen atoms in total. The maximum atomic E-state index is 11.3. The van der Waals surface area contributed by atoms with Crippen LogP contribution in [0.4, 0.5) is 0 Å². The van der Waals surface area contributed by atoms with Gasteiger partial charge in [0, 0.05) is 17.1 Å². The summed E-state index contributed by atoms with van der Waals surface area (Å²) < 4.78 is 0. The largest absolute Gasteiger partial charge is 0.481 e. The summed E-state index contributed by atoms with van der Waals surface area (Å²) in [4.78, 5) is 14.4. The molecule has 0 saturated heterocycles. The Bertz CT molecular complexity index is 552. The predicted octanol–water partition coefficient (Wildman–Crippen LogP) is 2.84. The van der Waals surface area contributed by atoms with E-state index in [0.29, 0.717) is 0 Å². The molecule has 16 heavy (non-hydrogen) atoms. The van der Waals surface area contributed by atoms with E-state index in [2.05, 4.69) is 4.98 Å². The third kappa shape index (κ3) is 1.40. The van der Waals surface area contributed by atoms with Gasteiger partial charge in [0.15, 0.2) is 0 Å². The summed E-state index contributed by atoms with van der Waals surface area (Å²) in [6, 6.07) is 5.74. The van der Waals surface area contributed by atoms with E-state index in [-0.39, 0.29) is 0 Å². The Morgan fingerprint density at radius 1 is 1.38 bits per heavy atom. The number of carboxylic acid groups (broad SMARTS) is 1. The normalized spacial score (nSPS) is 11.9. The number of benzene rings is 1. The predicted molar refractivity (Wildman–Crippen MR) is 63.7 cm³/mol. The van der Waals surface area contributed by atoms with Crippen molar-refractivity contribution in [2.24, 2.45) is 0 Å². The summed E-state index contributed by atoms with van der Waals surface area (Å²) in [7, 11) is 0. The van der Waals surface area contributed by atoms with E-state index >= 15 is 0 Å². The maximum absolute atomic E-state index is 11.3. The van der Waals surface area contributed by atoms with E-state index in [1.807, 2.05) is 31.3 Å². The van der Waals surface area contributed by atoms with Crippen LogP contribution in [-0.2, 0) is 10.2 Å². The lowest BCUT2D eigenvalue weighted by Crippen LogP contribution is -2.28. The molecular weight excluding hydrogens is 202 g/mol. The van der Waals surface area contributed by atoms with Gasteiger partial charge < -0.3 is 10.1 Å². The average Bonchev–Trinajstić information content (AvgIpc) is 2.60. The fraction of sp³-hybridized carbons (Fsp3) is 0.308. The van der Waals surface area contributed by atoms with Crippen molar-refractivity contribution in [3.63, 3.8) is 0 Å². The van der Waals surface area contributed by atoms with Crippen LogP contribution in [0.15, 0.2) is 24.4 Å². The quantitative estimate of drug-likeness (QED) is 0.812. The highest BCUT2D eigenvalue weighted by Crippen LogP contribution is 2.32. The van der Waals surface area contributed by atoms with Gasteiger partial charge >= 0.3 is 5.97 Å². The number of fused-ring (bicyclic) bond motifs is 1. The third-order valence-corrected chi connectivity index (χ3v) is 3.11. The molecular formula is C13H15NO2. The second kappa shape index (κ2) is 3.37. The van der Waals surface area contributed by atoms with E-state index in [0.717, 1.165) is 22.0 Å². The number of nitrogens with one attached hydrogen (secondary N) is 1. The van der Waals surface area contributed by atoms with Gasteiger partial charge in [-0.1, -0.05) is 12.1 Å². The van der Waals surface area contributed by atoms with Crippen molar-refractivity contribution in [1.82, 2.24) is 4.98 Å². The van der Waals surface area contributed by atoms with Crippen molar-refractivity contribution in [2.45, 2.75) is 26.2 Å². The second-order valence-corrected chi connectivity index (χ2v) is 4.63. The fourth-order valence-corrected chi connectivity index (χ4v) is 1.99. The highest BCUT2D eigenvalue weighted by molar-refractivity contribution is 5.93. The molecule has 1 aromatic carbocycles. The maximum Gasteiger partial charge on any atom is 0.313 e. The van der Waals surface area contributed by atoms with E-state index in [1.165, 1.54) is 0 Å². The van der Waals surface area contributed by atoms with Gasteiger partial charge in [0.05, 0.1) is 5.41 Å². The molecule has 1 heterocycles. The number of aliphatic carboxylic acids is 1. The number of rotatable bonds is 2. The summed E-state index contributed by atoms with van der Waals surface area (Å²) in [5.74, 6) is -0.805. The van der Waals surface area contributed by atoms with Gasteiger partial charge in [0.2, 0.25) is 0 Å². The smallest absolute Gasteiger partial charge is 0.313 e. The number of aryl methyl sites for hydroxylation is 1. The second-order valence-electron chi connectivity index (χ2n) is 4.63. The van der Waals surface area contributed by atoms with E-state index in [1.54, 1.807) is 13.8 Å². The van der Waals surface area contributed by atoms with Crippen LogP contribution < -0.4 is 0 Å². The van der Waals surface area contributed by atoms with Crippen LogP contribution >= 0.6 is 0 Å². The summed E-state index contributed by atoms with van der Waals surface area (Å²) in [6.45, 7) is 5.45. The molecule has 0 amide bonds. The van der Waals surface area contributed by atoms with Crippen molar-refractivity contribution in [2.75, 3.05) is 0 Å².